The van der Waals surface area contributed by atoms with E-state index in [9.17, 15) is 4.79 Å². The van der Waals surface area contributed by atoms with Crippen LogP contribution in [0.1, 0.15) is 26.2 Å². The van der Waals surface area contributed by atoms with E-state index in [4.69, 9.17) is 5.73 Å². The van der Waals surface area contributed by atoms with Crippen molar-refractivity contribution in [2.45, 2.75) is 32.2 Å². The molecule has 20 heavy (non-hydrogen) atoms. The normalized spacial score (nSPS) is 19.3. The summed E-state index contributed by atoms with van der Waals surface area (Å²) in [7, 11) is 6.26. The van der Waals surface area contributed by atoms with E-state index >= 15 is 0 Å². The van der Waals surface area contributed by atoms with E-state index < -0.39 is 0 Å². The maximum atomic E-state index is 12.7. The molecule has 0 aromatic carbocycles. The number of rotatable bonds is 7. The van der Waals surface area contributed by atoms with Crippen LogP contribution in [0.4, 0.5) is 0 Å². The zero-order chi connectivity index (χ0) is 15.1. The first-order valence-corrected chi connectivity index (χ1v) is 7.79. The molecule has 0 aliphatic carbocycles. The molecule has 5 heteroatoms. The van der Waals surface area contributed by atoms with Crippen molar-refractivity contribution >= 4 is 5.91 Å². The molecule has 0 radical (unpaired) electrons. The summed E-state index contributed by atoms with van der Waals surface area (Å²) < 4.78 is 0. The molecule has 0 bridgehead atoms. The van der Waals surface area contributed by atoms with E-state index in [1.807, 2.05) is 6.92 Å². The molecular formula is C15H32N4O. The molecule has 1 rings (SSSR count). The molecule has 0 aromatic rings. The van der Waals surface area contributed by atoms with Crippen LogP contribution in [-0.2, 0) is 4.79 Å². The minimum absolute atomic E-state index is 0.0434. The molecule has 1 heterocycles. The minimum atomic E-state index is 0.0434. The molecule has 0 spiro atoms. The highest BCUT2D eigenvalue weighted by Gasteiger charge is 2.29. The molecule has 1 saturated heterocycles. The van der Waals surface area contributed by atoms with Crippen LogP contribution in [0.25, 0.3) is 0 Å². The van der Waals surface area contributed by atoms with E-state index in [-0.39, 0.29) is 11.8 Å². The van der Waals surface area contributed by atoms with Gasteiger partial charge in [0.15, 0.2) is 0 Å². The summed E-state index contributed by atoms with van der Waals surface area (Å²) in [5.74, 6) is 0.327. The van der Waals surface area contributed by atoms with Crippen LogP contribution in [0.2, 0.25) is 0 Å². The van der Waals surface area contributed by atoms with E-state index in [2.05, 4.69) is 35.8 Å². The van der Waals surface area contributed by atoms with Crippen LogP contribution >= 0.6 is 0 Å². The number of nitrogens with zero attached hydrogens (tertiary/aromatic N) is 3. The number of amides is 1. The first-order valence-electron chi connectivity index (χ1n) is 7.79. The Morgan fingerprint density at radius 2 is 1.90 bits per heavy atom. The number of likely N-dealkylation sites (tertiary alicyclic amines) is 1. The Morgan fingerprint density at radius 3 is 2.40 bits per heavy atom. The smallest absolute Gasteiger partial charge is 0.225 e. The van der Waals surface area contributed by atoms with Gasteiger partial charge in [0.2, 0.25) is 5.91 Å². The average molecular weight is 284 g/mol. The van der Waals surface area contributed by atoms with Crippen molar-refractivity contribution in [2.75, 3.05) is 53.9 Å². The van der Waals surface area contributed by atoms with Gasteiger partial charge in [0, 0.05) is 25.0 Å². The van der Waals surface area contributed by atoms with Gasteiger partial charge in [-0.1, -0.05) is 6.92 Å². The number of nitrogens with two attached hydrogens (primary N) is 1. The molecule has 1 aliphatic rings. The van der Waals surface area contributed by atoms with Gasteiger partial charge in [-0.05, 0) is 60.0 Å². The highest BCUT2D eigenvalue weighted by atomic mass is 16.2. The van der Waals surface area contributed by atoms with Crippen molar-refractivity contribution in [2.24, 2.45) is 11.7 Å². The third kappa shape index (κ3) is 5.38. The quantitative estimate of drug-likeness (QED) is 0.738. The third-order valence-electron chi connectivity index (χ3n) is 4.22. The number of hydrogen-bond donors (Lipinski definition) is 1. The van der Waals surface area contributed by atoms with Crippen LogP contribution in [0, 0.1) is 5.92 Å². The molecule has 0 aromatic heterocycles. The van der Waals surface area contributed by atoms with Gasteiger partial charge in [-0.2, -0.15) is 0 Å². The van der Waals surface area contributed by atoms with Gasteiger partial charge >= 0.3 is 0 Å². The molecule has 0 saturated carbocycles. The van der Waals surface area contributed by atoms with Gasteiger partial charge in [0.1, 0.15) is 0 Å². The van der Waals surface area contributed by atoms with Gasteiger partial charge in [-0.25, -0.2) is 0 Å². The molecule has 1 unspecified atom stereocenters. The standard InChI is InChI=1S/C15H32N4O/c1-13(5-8-16)15(20)19(12-11-17(2)3)14-6-9-18(4)10-7-14/h13-14H,5-12,16H2,1-4H3. The molecule has 2 N–H and O–H groups in total. The summed E-state index contributed by atoms with van der Waals surface area (Å²) in [5, 5.41) is 0. The minimum Gasteiger partial charge on any atom is -0.338 e. The second-order valence-electron chi connectivity index (χ2n) is 6.35. The lowest BCUT2D eigenvalue weighted by Crippen LogP contribution is -2.50. The van der Waals surface area contributed by atoms with E-state index in [1.165, 1.54) is 0 Å². The lowest BCUT2D eigenvalue weighted by Gasteiger charge is -2.39. The van der Waals surface area contributed by atoms with Gasteiger partial charge in [0.05, 0.1) is 0 Å². The molecule has 118 valence electrons. The summed E-state index contributed by atoms with van der Waals surface area (Å²) in [6, 6.07) is 0.402. The zero-order valence-electron chi connectivity index (χ0n) is 13.6. The van der Waals surface area contributed by atoms with Crippen molar-refractivity contribution in [3.8, 4) is 0 Å². The van der Waals surface area contributed by atoms with Gasteiger partial charge < -0.3 is 20.4 Å². The summed E-state index contributed by atoms with van der Waals surface area (Å²) in [6.45, 7) is 6.51. The Bertz CT molecular complexity index is 288. The molecule has 1 aliphatic heterocycles. The van der Waals surface area contributed by atoms with Gasteiger partial charge in [-0.3, -0.25) is 4.79 Å². The van der Waals surface area contributed by atoms with Crippen molar-refractivity contribution in [3.63, 3.8) is 0 Å². The van der Waals surface area contributed by atoms with E-state index in [0.717, 1.165) is 45.4 Å². The largest absolute Gasteiger partial charge is 0.338 e. The Kier molecular flexibility index (Phi) is 7.48. The second-order valence-corrected chi connectivity index (χ2v) is 6.35. The first kappa shape index (κ1) is 17.4. The lowest BCUT2D eigenvalue weighted by atomic mass is 9.99. The molecular weight excluding hydrogens is 252 g/mol. The predicted octanol–water partition coefficient (Wildman–Crippen LogP) is 0.456. The highest BCUT2D eigenvalue weighted by molar-refractivity contribution is 5.78. The number of piperidine rings is 1. The fraction of sp³-hybridized carbons (Fsp3) is 0.933. The number of carbonyl (C=O) groups is 1. The molecule has 1 atom stereocenters. The second kappa shape index (κ2) is 8.60. The average Bonchev–Trinajstić information content (AvgIpc) is 2.40. The van der Waals surface area contributed by atoms with Gasteiger partial charge in [0.25, 0.3) is 0 Å². The topological polar surface area (TPSA) is 52.8 Å². The summed E-state index contributed by atoms with van der Waals surface area (Å²) in [6.07, 6.45) is 2.96. The van der Waals surface area contributed by atoms with Crippen molar-refractivity contribution in [1.82, 2.24) is 14.7 Å². The zero-order valence-corrected chi connectivity index (χ0v) is 13.6. The molecule has 5 nitrogen and oxygen atoms in total. The van der Waals surface area contributed by atoms with Crippen molar-refractivity contribution < 1.29 is 4.79 Å². The summed E-state index contributed by atoms with van der Waals surface area (Å²) >= 11 is 0. The SMILES string of the molecule is CC(CCN)C(=O)N(CCN(C)C)C1CCN(C)CC1. The van der Waals surface area contributed by atoms with Crippen LogP contribution in [0.5, 0.6) is 0 Å². The van der Waals surface area contributed by atoms with Crippen LogP contribution in [-0.4, -0.2) is 80.5 Å². The predicted molar refractivity (Wildman–Crippen MR) is 83.6 cm³/mol. The third-order valence-corrected chi connectivity index (χ3v) is 4.22. The van der Waals surface area contributed by atoms with Crippen LogP contribution < -0.4 is 5.73 Å². The number of likely N-dealkylation sites (N-methyl/N-ethyl adjacent to an activating group) is 1. The number of carbonyl (C=O) groups excluding carboxylic acids is 1. The van der Waals surface area contributed by atoms with Crippen LogP contribution in [0.15, 0.2) is 0 Å². The van der Waals surface area contributed by atoms with Crippen molar-refractivity contribution in [1.29, 1.82) is 0 Å². The number of hydrogen-bond acceptors (Lipinski definition) is 4. The Labute approximate surface area is 124 Å². The molecule has 1 amide bonds. The Hall–Kier alpha value is -0.650. The van der Waals surface area contributed by atoms with Crippen molar-refractivity contribution in [3.05, 3.63) is 0 Å². The highest BCUT2D eigenvalue weighted by Crippen LogP contribution is 2.19. The summed E-state index contributed by atoms with van der Waals surface area (Å²) in [4.78, 5) is 19.3. The summed E-state index contributed by atoms with van der Waals surface area (Å²) in [5.41, 5.74) is 5.60. The van der Waals surface area contributed by atoms with Crippen LogP contribution in [0.3, 0.4) is 0 Å². The fourth-order valence-electron chi connectivity index (χ4n) is 2.74. The maximum absolute atomic E-state index is 12.7. The fourth-order valence-corrected chi connectivity index (χ4v) is 2.74. The van der Waals surface area contributed by atoms with E-state index in [1.54, 1.807) is 0 Å². The lowest BCUT2D eigenvalue weighted by molar-refractivity contribution is -0.138. The Balaban J connectivity index is 2.66. The van der Waals surface area contributed by atoms with E-state index in [0.29, 0.717) is 12.6 Å². The Morgan fingerprint density at radius 1 is 1.30 bits per heavy atom. The first-order chi connectivity index (χ1) is 9.45. The van der Waals surface area contributed by atoms with Gasteiger partial charge in [-0.15, -0.1) is 0 Å². The monoisotopic (exact) mass is 284 g/mol. The maximum Gasteiger partial charge on any atom is 0.225 e. The molecule has 1 fully saturated rings.